The molecule has 0 spiro atoms. The van der Waals surface area contributed by atoms with Crippen molar-refractivity contribution in [2.75, 3.05) is 20.2 Å². The molecule has 0 aromatic rings. The third-order valence-electron chi connectivity index (χ3n) is 2.87. The molecule has 90 valence electrons. The number of allylic oxidation sites excluding steroid dienone is 2. The van der Waals surface area contributed by atoms with Crippen LogP contribution in [-0.4, -0.2) is 26.2 Å². The van der Waals surface area contributed by atoms with Gasteiger partial charge in [0.2, 0.25) is 0 Å². The highest BCUT2D eigenvalue weighted by Crippen LogP contribution is 2.16. The van der Waals surface area contributed by atoms with E-state index < -0.39 is 0 Å². The summed E-state index contributed by atoms with van der Waals surface area (Å²) >= 11 is 0. The predicted molar refractivity (Wildman–Crippen MR) is 65.1 cm³/mol. The number of carbonyl (C=O) groups is 1. The number of hydrogen-bond donors (Lipinski definition) is 1. The maximum atomic E-state index is 11.1. The molecule has 0 fully saturated rings. The van der Waals surface area contributed by atoms with Crippen molar-refractivity contribution in [1.82, 2.24) is 5.32 Å². The van der Waals surface area contributed by atoms with Gasteiger partial charge in [0.1, 0.15) is 0 Å². The molecular weight excluding hydrogens is 202 g/mol. The van der Waals surface area contributed by atoms with E-state index >= 15 is 0 Å². The van der Waals surface area contributed by atoms with Gasteiger partial charge in [0.05, 0.1) is 7.11 Å². The average Bonchev–Trinajstić information content (AvgIpc) is 2.34. The smallest absolute Gasteiger partial charge is 0.333 e. The molecule has 3 nitrogen and oxygen atoms in total. The summed E-state index contributed by atoms with van der Waals surface area (Å²) < 4.78 is 4.61. The second-order valence-electron chi connectivity index (χ2n) is 4.19. The van der Waals surface area contributed by atoms with Crippen molar-refractivity contribution in [2.24, 2.45) is 5.92 Å². The van der Waals surface area contributed by atoms with Crippen LogP contribution in [0.5, 0.6) is 0 Å². The van der Waals surface area contributed by atoms with E-state index in [-0.39, 0.29) is 5.97 Å². The molecule has 0 radical (unpaired) electrons. The minimum atomic E-state index is -0.248. The van der Waals surface area contributed by atoms with Crippen LogP contribution in [0.2, 0.25) is 0 Å². The van der Waals surface area contributed by atoms with Crippen LogP contribution in [0.1, 0.15) is 26.2 Å². The Morgan fingerprint density at radius 3 is 3.00 bits per heavy atom. The van der Waals surface area contributed by atoms with Crippen LogP contribution in [-0.2, 0) is 9.53 Å². The first-order valence-electron chi connectivity index (χ1n) is 5.85. The van der Waals surface area contributed by atoms with Crippen LogP contribution in [0.4, 0.5) is 0 Å². The van der Waals surface area contributed by atoms with Gasteiger partial charge in [-0.05, 0) is 38.6 Å². The average molecular weight is 223 g/mol. The maximum Gasteiger partial charge on any atom is 0.333 e. The topological polar surface area (TPSA) is 38.3 Å². The van der Waals surface area contributed by atoms with Crippen LogP contribution < -0.4 is 5.32 Å². The number of ether oxygens (including phenoxy) is 1. The fourth-order valence-corrected chi connectivity index (χ4v) is 1.80. The summed E-state index contributed by atoms with van der Waals surface area (Å²) in [6.45, 7) is 3.54. The number of rotatable bonds is 5. The van der Waals surface area contributed by atoms with Crippen molar-refractivity contribution in [3.8, 4) is 0 Å². The minimum absolute atomic E-state index is 0.248. The molecule has 1 rings (SSSR count). The Morgan fingerprint density at radius 2 is 2.38 bits per heavy atom. The first kappa shape index (κ1) is 13.0. The Balaban J connectivity index is 2.15. The lowest BCUT2D eigenvalue weighted by Crippen LogP contribution is -2.24. The van der Waals surface area contributed by atoms with Crippen molar-refractivity contribution in [1.29, 1.82) is 0 Å². The predicted octanol–water partition coefficient (Wildman–Crippen LogP) is 2.05. The standard InChI is InChI=1S/C13H21NO2/c1-11(13(15)16-2)8-9-14-10-12-6-4-3-5-7-12/h3-4,8,12,14H,5-7,9-10H2,1-2H3/b11-8+. The molecule has 0 bridgehead atoms. The summed E-state index contributed by atoms with van der Waals surface area (Å²) in [5, 5.41) is 3.35. The molecule has 0 aromatic heterocycles. The Labute approximate surface area is 97.6 Å². The van der Waals surface area contributed by atoms with Crippen LogP contribution in [0.15, 0.2) is 23.8 Å². The number of hydrogen-bond acceptors (Lipinski definition) is 3. The highest BCUT2D eigenvalue weighted by atomic mass is 16.5. The van der Waals surface area contributed by atoms with E-state index in [1.807, 2.05) is 6.08 Å². The monoisotopic (exact) mass is 223 g/mol. The van der Waals surface area contributed by atoms with Crippen molar-refractivity contribution >= 4 is 5.97 Å². The molecular formula is C13H21NO2. The minimum Gasteiger partial charge on any atom is -0.466 e. The molecule has 16 heavy (non-hydrogen) atoms. The second kappa shape index (κ2) is 7.23. The van der Waals surface area contributed by atoms with Crippen LogP contribution in [0.3, 0.4) is 0 Å². The second-order valence-corrected chi connectivity index (χ2v) is 4.19. The maximum absolute atomic E-state index is 11.1. The van der Waals surface area contributed by atoms with Crippen molar-refractivity contribution < 1.29 is 9.53 Å². The molecule has 0 heterocycles. The van der Waals surface area contributed by atoms with Gasteiger partial charge >= 0.3 is 5.97 Å². The summed E-state index contributed by atoms with van der Waals surface area (Å²) in [7, 11) is 1.40. The third-order valence-corrected chi connectivity index (χ3v) is 2.87. The van der Waals surface area contributed by atoms with E-state index in [4.69, 9.17) is 0 Å². The molecule has 0 aromatic carbocycles. The van der Waals surface area contributed by atoms with Crippen LogP contribution in [0.25, 0.3) is 0 Å². The first-order chi connectivity index (χ1) is 7.74. The van der Waals surface area contributed by atoms with E-state index in [0.29, 0.717) is 5.57 Å². The lowest BCUT2D eigenvalue weighted by atomic mass is 9.94. The van der Waals surface area contributed by atoms with Gasteiger partial charge in [-0.2, -0.15) is 0 Å². The van der Waals surface area contributed by atoms with E-state index in [1.54, 1.807) is 6.92 Å². The first-order valence-corrected chi connectivity index (χ1v) is 5.85. The third kappa shape index (κ3) is 4.62. The zero-order chi connectivity index (χ0) is 11.8. The van der Waals surface area contributed by atoms with Crippen molar-refractivity contribution in [3.05, 3.63) is 23.8 Å². The lowest BCUT2D eigenvalue weighted by molar-refractivity contribution is -0.136. The fraction of sp³-hybridized carbons (Fsp3) is 0.615. The number of esters is 1. The van der Waals surface area contributed by atoms with Gasteiger partial charge in [0.25, 0.3) is 0 Å². The summed E-state index contributed by atoms with van der Waals surface area (Å²) in [4.78, 5) is 11.1. The molecule has 0 amide bonds. The lowest BCUT2D eigenvalue weighted by Gasteiger charge is -2.17. The van der Waals surface area contributed by atoms with Gasteiger partial charge < -0.3 is 10.1 Å². The molecule has 1 aliphatic rings. The van der Waals surface area contributed by atoms with Gasteiger partial charge in [-0.1, -0.05) is 18.2 Å². The normalized spacial score (nSPS) is 20.9. The molecule has 0 saturated heterocycles. The van der Waals surface area contributed by atoms with Gasteiger partial charge in [0, 0.05) is 12.1 Å². The zero-order valence-corrected chi connectivity index (χ0v) is 10.2. The fourth-order valence-electron chi connectivity index (χ4n) is 1.80. The SMILES string of the molecule is COC(=O)/C(C)=C/CNCC1CC=CCC1. The quantitative estimate of drug-likeness (QED) is 0.335. The summed E-state index contributed by atoms with van der Waals surface area (Å²) in [5.74, 6) is 0.499. The highest BCUT2D eigenvalue weighted by molar-refractivity contribution is 5.87. The van der Waals surface area contributed by atoms with Gasteiger partial charge in [-0.3, -0.25) is 0 Å². The van der Waals surface area contributed by atoms with Crippen LogP contribution >= 0.6 is 0 Å². The molecule has 1 N–H and O–H groups in total. The van der Waals surface area contributed by atoms with Gasteiger partial charge in [-0.15, -0.1) is 0 Å². The van der Waals surface area contributed by atoms with Crippen molar-refractivity contribution in [2.45, 2.75) is 26.2 Å². The number of methoxy groups -OCH3 is 1. The van der Waals surface area contributed by atoms with E-state index in [0.717, 1.165) is 19.0 Å². The zero-order valence-electron chi connectivity index (χ0n) is 10.2. The summed E-state index contributed by atoms with van der Waals surface area (Å²) in [6, 6.07) is 0. The Morgan fingerprint density at radius 1 is 1.56 bits per heavy atom. The Kier molecular flexibility index (Phi) is 5.86. The molecule has 0 aliphatic heterocycles. The van der Waals surface area contributed by atoms with E-state index in [9.17, 15) is 4.79 Å². The number of carbonyl (C=O) groups excluding carboxylic acids is 1. The molecule has 1 aliphatic carbocycles. The largest absolute Gasteiger partial charge is 0.466 e. The van der Waals surface area contributed by atoms with Crippen LogP contribution in [0, 0.1) is 5.92 Å². The van der Waals surface area contributed by atoms with Gasteiger partial charge in [-0.25, -0.2) is 4.79 Å². The Hall–Kier alpha value is -1.09. The molecule has 1 atom stereocenters. The summed E-state index contributed by atoms with van der Waals surface area (Å²) in [6.07, 6.45) is 10.0. The summed E-state index contributed by atoms with van der Waals surface area (Å²) in [5.41, 5.74) is 0.665. The van der Waals surface area contributed by atoms with E-state index in [1.165, 1.54) is 26.4 Å². The molecule has 0 saturated carbocycles. The highest BCUT2D eigenvalue weighted by Gasteiger charge is 2.08. The van der Waals surface area contributed by atoms with Gasteiger partial charge in [0.15, 0.2) is 0 Å². The van der Waals surface area contributed by atoms with Crippen molar-refractivity contribution in [3.63, 3.8) is 0 Å². The van der Waals surface area contributed by atoms with E-state index in [2.05, 4.69) is 22.2 Å². The Bertz CT molecular complexity index is 282. The number of nitrogens with one attached hydrogen (secondary N) is 1. The molecule has 3 heteroatoms. The molecule has 1 unspecified atom stereocenters.